The molecule has 248 valence electrons. The monoisotopic (exact) mass is 751 g/mol. The fourth-order valence-corrected chi connectivity index (χ4v) is 7.81. The van der Waals surface area contributed by atoms with Crippen LogP contribution in [0.15, 0.2) is 66.2 Å². The van der Waals surface area contributed by atoms with Crippen LogP contribution in [0.2, 0.25) is 5.02 Å². The van der Waals surface area contributed by atoms with Crippen LogP contribution in [0.5, 0.6) is 5.75 Å². The lowest BCUT2D eigenvalue weighted by molar-refractivity contribution is -0.432. The molecule has 0 aliphatic carbocycles. The van der Waals surface area contributed by atoms with Gasteiger partial charge in [-0.25, -0.2) is 13.7 Å². The summed E-state index contributed by atoms with van der Waals surface area (Å²) in [5, 5.41) is 28.4. The molecule has 0 amide bonds. The normalized spacial score (nSPS) is 13.3. The Morgan fingerprint density at radius 1 is 0.844 bits per heavy atom. The van der Waals surface area contributed by atoms with Gasteiger partial charge in [0.25, 0.3) is 30.4 Å². The summed E-state index contributed by atoms with van der Waals surface area (Å²) in [4.78, 5) is -1.19. The Labute approximate surface area is 265 Å². The number of phenolic OH excluding ortho intramolecular Hbond substituents is 1. The van der Waals surface area contributed by atoms with E-state index in [-0.39, 0.29) is 45.6 Å². The summed E-state index contributed by atoms with van der Waals surface area (Å²) in [6.07, 6.45) is 0. The molecule has 0 unspecified atom stereocenters. The third-order valence-electron chi connectivity index (χ3n) is 5.82. The van der Waals surface area contributed by atoms with Gasteiger partial charge in [-0.15, -0.1) is 14.6 Å². The minimum Gasteiger partial charge on any atom is -0.505 e. The number of phenols is 1. The van der Waals surface area contributed by atoms with E-state index in [1.165, 1.54) is 11.9 Å². The highest BCUT2D eigenvalue weighted by atomic mass is 35.5. The predicted molar refractivity (Wildman–Crippen MR) is 157 cm³/mol. The van der Waals surface area contributed by atoms with Crippen molar-refractivity contribution in [2.24, 2.45) is 10.2 Å². The number of fused-ring (bicyclic) bond motifs is 1. The molecule has 5 N–H and O–H groups in total. The first-order valence-electron chi connectivity index (χ1n) is 11.7. The van der Waals surface area contributed by atoms with Crippen LogP contribution in [0.1, 0.15) is 0 Å². The van der Waals surface area contributed by atoms with Gasteiger partial charge in [0.15, 0.2) is 15.6 Å². The molecule has 0 aromatic heterocycles. The smallest absolute Gasteiger partial charge is 0.295 e. The standard InChI is InChI=1S/C21H22ClN3O15S5/c1-25(5-7-43(30,31)32)4-6-42(28,29)13-2-3-16(15(22)10-13)23-24-17-11-18(44(33,34)35)14-8-12(41-40-39-27)9-19(45(36,37)38)20(14)21(17)26/h2-3,8-11,26-27H,4-7H2,1H3,(H,30,31,32)(H,33,34,35)(H,36,37,38). The Bertz CT molecular complexity index is 2090. The molecular weight excluding hydrogens is 730 g/mol. The summed E-state index contributed by atoms with van der Waals surface area (Å²) in [5.41, 5.74) is -0.923. The van der Waals surface area contributed by atoms with E-state index >= 15 is 0 Å². The van der Waals surface area contributed by atoms with Crippen LogP contribution in [-0.4, -0.2) is 94.2 Å². The van der Waals surface area contributed by atoms with Crippen molar-refractivity contribution >= 4 is 86.0 Å². The van der Waals surface area contributed by atoms with Crippen LogP contribution in [0.25, 0.3) is 10.8 Å². The van der Waals surface area contributed by atoms with E-state index in [0.29, 0.717) is 6.07 Å². The number of hydrogen-bond donors (Lipinski definition) is 5. The number of rotatable bonds is 14. The molecule has 3 aromatic carbocycles. The van der Waals surface area contributed by atoms with Crippen LogP contribution in [0.4, 0.5) is 11.4 Å². The van der Waals surface area contributed by atoms with Crippen LogP contribution >= 0.6 is 23.6 Å². The Balaban J connectivity index is 2.03. The third kappa shape index (κ3) is 9.74. The number of benzene rings is 3. The first-order chi connectivity index (χ1) is 20.6. The van der Waals surface area contributed by atoms with Gasteiger partial charge < -0.3 is 10.0 Å². The minimum absolute atomic E-state index is 0.0950. The van der Waals surface area contributed by atoms with Crippen molar-refractivity contribution < 1.29 is 67.1 Å². The highest BCUT2D eigenvalue weighted by Gasteiger charge is 2.27. The van der Waals surface area contributed by atoms with E-state index in [4.69, 9.17) is 21.4 Å². The lowest BCUT2D eigenvalue weighted by atomic mass is 10.1. The number of sulfone groups is 1. The molecule has 0 spiro atoms. The van der Waals surface area contributed by atoms with Crippen LogP contribution in [0, 0.1) is 0 Å². The lowest BCUT2D eigenvalue weighted by Crippen LogP contribution is -2.30. The Morgan fingerprint density at radius 2 is 1.44 bits per heavy atom. The van der Waals surface area contributed by atoms with Gasteiger partial charge in [-0.05, 0) is 43.4 Å². The molecule has 3 rings (SSSR count). The van der Waals surface area contributed by atoms with Crippen molar-refractivity contribution in [2.75, 3.05) is 31.6 Å². The summed E-state index contributed by atoms with van der Waals surface area (Å²) < 4.78 is 129. The molecule has 0 atom stereocenters. The maximum atomic E-state index is 12.8. The van der Waals surface area contributed by atoms with Crippen molar-refractivity contribution in [3.8, 4) is 5.75 Å². The van der Waals surface area contributed by atoms with Gasteiger partial charge >= 0.3 is 0 Å². The van der Waals surface area contributed by atoms with Crippen molar-refractivity contribution in [3.05, 3.63) is 41.4 Å². The first-order valence-corrected chi connectivity index (χ1v) is 18.9. The zero-order valence-corrected chi connectivity index (χ0v) is 27.2. The molecule has 0 bridgehead atoms. The average Bonchev–Trinajstić information content (AvgIpc) is 2.92. The minimum atomic E-state index is -5.19. The molecule has 0 aliphatic heterocycles. The second-order valence-electron chi connectivity index (χ2n) is 8.98. The van der Waals surface area contributed by atoms with Gasteiger partial charge in [-0.1, -0.05) is 16.6 Å². The van der Waals surface area contributed by atoms with Gasteiger partial charge in [-0.2, -0.15) is 25.3 Å². The molecule has 24 heteroatoms. The molecule has 0 saturated heterocycles. The zero-order chi connectivity index (χ0) is 34.0. The molecule has 45 heavy (non-hydrogen) atoms. The Kier molecular flexibility index (Phi) is 11.6. The molecule has 0 saturated carbocycles. The quantitative estimate of drug-likeness (QED) is 0.0520. The summed E-state index contributed by atoms with van der Waals surface area (Å²) in [5.74, 6) is -2.07. The number of nitrogens with zero attached hydrogens (tertiary/aromatic N) is 3. The van der Waals surface area contributed by atoms with Crippen LogP contribution in [-0.2, 0) is 49.6 Å². The highest BCUT2D eigenvalue weighted by molar-refractivity contribution is 7.94. The zero-order valence-electron chi connectivity index (χ0n) is 22.4. The van der Waals surface area contributed by atoms with Gasteiger partial charge in [0.05, 0.1) is 33.5 Å². The summed E-state index contributed by atoms with van der Waals surface area (Å²) >= 11 is 6.35. The average molecular weight is 752 g/mol. The Morgan fingerprint density at radius 3 is 2.00 bits per heavy atom. The highest BCUT2D eigenvalue weighted by Crippen LogP contribution is 2.44. The summed E-state index contributed by atoms with van der Waals surface area (Å²) in [6.45, 7) is -0.226. The first kappa shape index (κ1) is 36.9. The second-order valence-corrected chi connectivity index (χ2v) is 16.6. The molecule has 0 radical (unpaired) electrons. The molecule has 0 aliphatic rings. The maximum Gasteiger partial charge on any atom is 0.295 e. The largest absolute Gasteiger partial charge is 0.505 e. The van der Waals surface area contributed by atoms with E-state index in [0.717, 1.165) is 30.3 Å². The third-order valence-corrected chi connectivity index (χ3v) is 10.8. The van der Waals surface area contributed by atoms with Gasteiger partial charge in [0, 0.05) is 28.8 Å². The molecule has 0 fully saturated rings. The maximum absolute atomic E-state index is 12.8. The topological polar surface area (TPSA) is 284 Å². The number of hydrogen-bond acceptors (Lipinski definition) is 16. The lowest BCUT2D eigenvalue weighted by Gasteiger charge is -2.15. The van der Waals surface area contributed by atoms with Crippen molar-refractivity contribution in [2.45, 2.75) is 19.6 Å². The Hall–Kier alpha value is -2.52. The fourth-order valence-electron chi connectivity index (χ4n) is 3.67. The van der Waals surface area contributed by atoms with E-state index in [9.17, 15) is 47.9 Å². The van der Waals surface area contributed by atoms with E-state index in [2.05, 4.69) is 19.6 Å². The molecular formula is C21H22ClN3O15S5. The SMILES string of the molecule is CN(CCS(=O)(=O)O)CCS(=O)(=O)c1ccc(N=Nc2cc(S(=O)(=O)O)c3cc(SOOO)cc(S(=O)(=O)O)c3c2O)c(Cl)c1. The van der Waals surface area contributed by atoms with E-state index in [1.807, 2.05) is 0 Å². The van der Waals surface area contributed by atoms with Gasteiger partial charge in [-0.3, -0.25) is 13.7 Å². The summed E-state index contributed by atoms with van der Waals surface area (Å²) in [6, 6.07) is 5.48. The number of azo groups is 1. The molecule has 3 aromatic rings. The van der Waals surface area contributed by atoms with Gasteiger partial charge in [0.2, 0.25) is 0 Å². The summed E-state index contributed by atoms with van der Waals surface area (Å²) in [7, 11) is -17.1. The number of halogens is 1. The van der Waals surface area contributed by atoms with Crippen molar-refractivity contribution in [1.29, 1.82) is 0 Å². The fraction of sp³-hybridized carbons (Fsp3) is 0.238. The van der Waals surface area contributed by atoms with E-state index < -0.39 is 83.7 Å². The van der Waals surface area contributed by atoms with E-state index in [1.54, 1.807) is 0 Å². The number of aromatic hydroxyl groups is 1. The van der Waals surface area contributed by atoms with Crippen molar-refractivity contribution in [3.63, 3.8) is 0 Å². The predicted octanol–water partition coefficient (Wildman–Crippen LogP) is 3.13. The van der Waals surface area contributed by atoms with Crippen LogP contribution < -0.4 is 0 Å². The second kappa shape index (κ2) is 14.1. The van der Waals surface area contributed by atoms with Crippen molar-refractivity contribution in [1.82, 2.24) is 4.90 Å². The van der Waals surface area contributed by atoms with Crippen LogP contribution in [0.3, 0.4) is 0 Å². The molecule has 0 heterocycles. The molecule has 18 nitrogen and oxygen atoms in total. The van der Waals surface area contributed by atoms with Gasteiger partial charge in [0.1, 0.15) is 21.2 Å².